The summed E-state index contributed by atoms with van der Waals surface area (Å²) in [7, 11) is 0. The van der Waals surface area contributed by atoms with Gasteiger partial charge in [0.05, 0.1) is 19.8 Å². The van der Waals surface area contributed by atoms with E-state index in [2.05, 4.69) is 0 Å². The first-order valence-electron chi connectivity index (χ1n) is 7.06. The molecule has 0 saturated carbocycles. The maximum Gasteiger partial charge on any atom is 0.328 e. The number of carbonyl (C=O) groups excluding carboxylic acids is 1. The van der Waals surface area contributed by atoms with Crippen LogP contribution in [0.1, 0.15) is 12.8 Å². The topological polar surface area (TPSA) is 76.1 Å². The Hall–Kier alpha value is -2.15. The van der Waals surface area contributed by atoms with Crippen molar-refractivity contribution in [3.63, 3.8) is 0 Å². The van der Waals surface area contributed by atoms with Gasteiger partial charge in [-0.1, -0.05) is 6.07 Å². The third-order valence-corrected chi connectivity index (χ3v) is 3.33. The number of hydrogen-bond acceptors (Lipinski definition) is 4. The van der Waals surface area contributed by atoms with Crippen LogP contribution in [0.3, 0.4) is 0 Å². The summed E-state index contributed by atoms with van der Waals surface area (Å²) < 4.78 is 23.4. The highest BCUT2D eigenvalue weighted by atomic mass is 19.1. The Balaban J connectivity index is 1.76. The Morgan fingerprint density at radius 1 is 1.45 bits per heavy atom. The van der Waals surface area contributed by atoms with Gasteiger partial charge in [0.25, 0.3) is 0 Å². The predicted octanol–water partition coefficient (Wildman–Crippen LogP) is 1.30. The number of ether oxygens (including phenoxy) is 2. The van der Waals surface area contributed by atoms with Crippen molar-refractivity contribution in [3.8, 4) is 5.75 Å². The van der Waals surface area contributed by atoms with Gasteiger partial charge < -0.3 is 19.5 Å². The minimum absolute atomic E-state index is 0.0147. The van der Waals surface area contributed by atoms with Crippen molar-refractivity contribution in [2.45, 2.75) is 18.9 Å². The van der Waals surface area contributed by atoms with E-state index < -0.39 is 12.0 Å². The maximum absolute atomic E-state index is 13.0. The summed E-state index contributed by atoms with van der Waals surface area (Å²) in [6, 6.07) is 4.84. The molecule has 1 amide bonds. The van der Waals surface area contributed by atoms with Crippen LogP contribution in [-0.4, -0.2) is 54.3 Å². The Kier molecular flexibility index (Phi) is 5.71. The molecule has 1 N–H and O–H groups in total. The average molecular weight is 311 g/mol. The molecule has 0 spiro atoms. The third-order valence-electron chi connectivity index (χ3n) is 3.33. The molecule has 120 valence electrons. The minimum atomic E-state index is -1.07. The van der Waals surface area contributed by atoms with Gasteiger partial charge in [-0.05, 0) is 18.6 Å². The molecule has 0 aliphatic carbocycles. The van der Waals surface area contributed by atoms with Crippen LogP contribution >= 0.6 is 0 Å². The number of rotatable bonds is 6. The maximum atomic E-state index is 13.0. The number of carboxylic acid groups (broad SMARTS) is 1. The molecule has 0 aromatic heterocycles. The highest BCUT2D eigenvalue weighted by Gasteiger charge is 2.32. The second-order valence-electron chi connectivity index (χ2n) is 4.93. The Labute approximate surface area is 127 Å². The Morgan fingerprint density at radius 2 is 2.27 bits per heavy atom. The molecule has 0 bridgehead atoms. The van der Waals surface area contributed by atoms with Crippen molar-refractivity contribution >= 4 is 11.9 Å². The van der Waals surface area contributed by atoms with Gasteiger partial charge in [0.1, 0.15) is 11.6 Å². The lowest BCUT2D eigenvalue weighted by atomic mass is 10.2. The molecule has 1 aromatic carbocycles. The molecule has 1 aromatic rings. The van der Waals surface area contributed by atoms with Crippen molar-refractivity contribution in [2.75, 3.05) is 26.4 Å². The van der Waals surface area contributed by atoms with Gasteiger partial charge in [-0.2, -0.15) is 0 Å². The number of benzene rings is 1. The van der Waals surface area contributed by atoms with Crippen LogP contribution in [0.15, 0.2) is 24.3 Å². The Morgan fingerprint density at radius 3 is 3.00 bits per heavy atom. The van der Waals surface area contributed by atoms with E-state index in [0.29, 0.717) is 18.8 Å². The van der Waals surface area contributed by atoms with Gasteiger partial charge in [-0.15, -0.1) is 0 Å². The second kappa shape index (κ2) is 7.74. The van der Waals surface area contributed by atoms with Crippen molar-refractivity contribution < 1.29 is 28.6 Å². The summed E-state index contributed by atoms with van der Waals surface area (Å²) in [6.45, 7) is 0.897. The van der Waals surface area contributed by atoms with Crippen LogP contribution in [0, 0.1) is 5.82 Å². The van der Waals surface area contributed by atoms with Gasteiger partial charge in [-0.25, -0.2) is 9.18 Å². The summed E-state index contributed by atoms with van der Waals surface area (Å²) in [4.78, 5) is 24.5. The van der Waals surface area contributed by atoms with E-state index in [1.54, 1.807) is 12.1 Å². The van der Waals surface area contributed by atoms with Crippen LogP contribution in [0.25, 0.3) is 0 Å². The standard InChI is InChI=1S/C15H18FNO5/c16-11-3-1-4-12(9-11)22-7-2-5-14(18)17-6-8-21-10-13(17)15(19)20/h1,3-4,9,13H,2,5-8,10H2,(H,19,20). The molecule has 1 atom stereocenters. The molecule has 1 fully saturated rings. The average Bonchev–Trinajstić information content (AvgIpc) is 2.51. The molecule has 6 nitrogen and oxygen atoms in total. The first kappa shape index (κ1) is 16.2. The van der Waals surface area contributed by atoms with E-state index in [1.807, 2.05) is 0 Å². The molecule has 1 aliphatic rings. The second-order valence-corrected chi connectivity index (χ2v) is 4.93. The summed E-state index contributed by atoms with van der Waals surface area (Å²) in [5.41, 5.74) is 0. The first-order chi connectivity index (χ1) is 10.6. The number of amides is 1. The van der Waals surface area contributed by atoms with Gasteiger partial charge in [0.15, 0.2) is 6.04 Å². The zero-order chi connectivity index (χ0) is 15.9. The quantitative estimate of drug-likeness (QED) is 0.801. The summed E-state index contributed by atoms with van der Waals surface area (Å²) in [6.07, 6.45) is 0.609. The van der Waals surface area contributed by atoms with E-state index in [0.717, 1.165) is 0 Å². The molecular formula is C15H18FNO5. The lowest BCUT2D eigenvalue weighted by Crippen LogP contribution is -2.52. The van der Waals surface area contributed by atoms with Gasteiger partial charge in [-0.3, -0.25) is 4.79 Å². The number of hydrogen-bond donors (Lipinski definition) is 1. The molecular weight excluding hydrogens is 293 g/mol. The molecule has 22 heavy (non-hydrogen) atoms. The van der Waals surface area contributed by atoms with E-state index in [9.17, 15) is 14.0 Å². The van der Waals surface area contributed by atoms with Crippen LogP contribution in [0.4, 0.5) is 4.39 Å². The Bertz CT molecular complexity index is 536. The SMILES string of the molecule is O=C(O)C1COCCN1C(=O)CCCOc1cccc(F)c1. The fourth-order valence-corrected chi connectivity index (χ4v) is 2.22. The van der Waals surface area contributed by atoms with Crippen LogP contribution in [-0.2, 0) is 14.3 Å². The fourth-order valence-electron chi connectivity index (χ4n) is 2.22. The van der Waals surface area contributed by atoms with Crippen molar-refractivity contribution in [1.82, 2.24) is 4.90 Å². The van der Waals surface area contributed by atoms with Gasteiger partial charge in [0.2, 0.25) is 5.91 Å². The van der Waals surface area contributed by atoms with Crippen molar-refractivity contribution in [2.24, 2.45) is 0 Å². The van der Waals surface area contributed by atoms with E-state index in [-0.39, 0.29) is 37.9 Å². The summed E-state index contributed by atoms with van der Waals surface area (Å²) in [5.74, 6) is -1.28. The number of carboxylic acids is 1. The van der Waals surface area contributed by atoms with E-state index >= 15 is 0 Å². The molecule has 2 rings (SSSR count). The summed E-state index contributed by atoms with van der Waals surface area (Å²) in [5, 5.41) is 9.07. The predicted molar refractivity (Wildman–Crippen MR) is 75.1 cm³/mol. The number of morpholine rings is 1. The zero-order valence-electron chi connectivity index (χ0n) is 12.0. The number of nitrogens with zero attached hydrogens (tertiary/aromatic N) is 1. The fraction of sp³-hybridized carbons (Fsp3) is 0.467. The van der Waals surface area contributed by atoms with Gasteiger partial charge in [0, 0.05) is 19.0 Å². The molecule has 1 heterocycles. The lowest BCUT2D eigenvalue weighted by Gasteiger charge is -2.32. The normalized spacial score (nSPS) is 18.0. The van der Waals surface area contributed by atoms with E-state index in [1.165, 1.54) is 17.0 Å². The van der Waals surface area contributed by atoms with Crippen molar-refractivity contribution in [3.05, 3.63) is 30.1 Å². The minimum Gasteiger partial charge on any atom is -0.493 e. The molecule has 1 saturated heterocycles. The highest BCUT2D eigenvalue weighted by Crippen LogP contribution is 2.13. The monoisotopic (exact) mass is 311 g/mol. The number of carbonyl (C=O) groups is 2. The molecule has 1 unspecified atom stereocenters. The smallest absolute Gasteiger partial charge is 0.328 e. The largest absolute Gasteiger partial charge is 0.493 e. The van der Waals surface area contributed by atoms with Crippen LogP contribution in [0.5, 0.6) is 5.75 Å². The third kappa shape index (κ3) is 4.42. The molecule has 0 radical (unpaired) electrons. The number of halogens is 1. The number of aliphatic carboxylic acids is 1. The van der Waals surface area contributed by atoms with Crippen molar-refractivity contribution in [1.29, 1.82) is 0 Å². The van der Waals surface area contributed by atoms with Crippen LogP contribution < -0.4 is 4.74 Å². The van der Waals surface area contributed by atoms with E-state index in [4.69, 9.17) is 14.6 Å². The highest BCUT2D eigenvalue weighted by molar-refractivity contribution is 5.83. The molecule has 1 aliphatic heterocycles. The summed E-state index contributed by atoms with van der Waals surface area (Å²) >= 11 is 0. The zero-order valence-corrected chi connectivity index (χ0v) is 12.0. The lowest BCUT2D eigenvalue weighted by molar-refractivity contribution is -0.158. The van der Waals surface area contributed by atoms with Crippen LogP contribution in [0.2, 0.25) is 0 Å². The van der Waals surface area contributed by atoms with Gasteiger partial charge >= 0.3 is 5.97 Å². The first-order valence-corrected chi connectivity index (χ1v) is 7.06. The molecule has 7 heteroatoms.